The van der Waals surface area contributed by atoms with E-state index in [0.717, 1.165) is 25.7 Å². The van der Waals surface area contributed by atoms with Gasteiger partial charge in [-0.2, -0.15) is 0 Å². The van der Waals surface area contributed by atoms with Crippen LogP contribution in [-0.2, 0) is 9.59 Å². The van der Waals surface area contributed by atoms with Crippen molar-refractivity contribution in [2.24, 2.45) is 0 Å². The van der Waals surface area contributed by atoms with Crippen molar-refractivity contribution in [2.75, 3.05) is 6.54 Å². The number of nitrogens with one attached hydrogen (secondary N) is 2. The number of unbranched alkanes of at least 4 members (excludes halogenated alkanes) is 7. The first-order valence-electron chi connectivity index (χ1n) is 8.68. The molecule has 2 amide bonds. The Bertz CT molecular complexity index is 280. The number of hydrogen-bond donors (Lipinski definition) is 2. The third-order valence-corrected chi connectivity index (χ3v) is 3.61. The third kappa shape index (κ3) is 12.4. The Balaban J connectivity index is 3.57. The molecule has 0 spiro atoms. The Morgan fingerprint density at radius 1 is 0.857 bits per heavy atom. The highest BCUT2D eigenvalue weighted by Crippen LogP contribution is 2.08. The molecule has 0 saturated heterocycles. The molecule has 0 aliphatic carbocycles. The van der Waals surface area contributed by atoms with Crippen LogP contribution in [0.25, 0.3) is 0 Å². The van der Waals surface area contributed by atoms with Crippen molar-refractivity contribution in [1.29, 1.82) is 0 Å². The second kappa shape index (κ2) is 13.9. The zero-order chi connectivity index (χ0) is 15.9. The Morgan fingerprint density at radius 3 is 2.05 bits per heavy atom. The van der Waals surface area contributed by atoms with E-state index in [4.69, 9.17) is 0 Å². The molecular formula is C17H34N2O2. The summed E-state index contributed by atoms with van der Waals surface area (Å²) in [6.45, 7) is 6.72. The van der Waals surface area contributed by atoms with E-state index in [2.05, 4.69) is 24.5 Å². The Hall–Kier alpha value is -1.06. The van der Waals surface area contributed by atoms with Gasteiger partial charge in [0.1, 0.15) is 6.04 Å². The van der Waals surface area contributed by atoms with Crippen molar-refractivity contribution in [3.8, 4) is 0 Å². The summed E-state index contributed by atoms with van der Waals surface area (Å²) in [5, 5.41) is 5.60. The monoisotopic (exact) mass is 298 g/mol. The van der Waals surface area contributed by atoms with Gasteiger partial charge in [0, 0.05) is 13.0 Å². The van der Waals surface area contributed by atoms with E-state index >= 15 is 0 Å². The van der Waals surface area contributed by atoms with Gasteiger partial charge < -0.3 is 10.6 Å². The van der Waals surface area contributed by atoms with E-state index in [9.17, 15) is 9.59 Å². The van der Waals surface area contributed by atoms with E-state index < -0.39 is 6.04 Å². The fourth-order valence-corrected chi connectivity index (χ4v) is 2.16. The quantitative estimate of drug-likeness (QED) is 0.511. The lowest BCUT2D eigenvalue weighted by Gasteiger charge is -2.14. The molecule has 0 aromatic rings. The number of rotatable bonds is 13. The smallest absolute Gasteiger partial charge is 0.242 e. The third-order valence-electron chi connectivity index (χ3n) is 3.61. The van der Waals surface area contributed by atoms with Crippen LogP contribution in [0.1, 0.15) is 85.0 Å². The van der Waals surface area contributed by atoms with Gasteiger partial charge in [-0.25, -0.2) is 0 Å². The van der Waals surface area contributed by atoms with Crippen molar-refractivity contribution in [3.05, 3.63) is 0 Å². The van der Waals surface area contributed by atoms with Crippen molar-refractivity contribution >= 4 is 11.8 Å². The molecule has 4 heteroatoms. The first-order valence-corrected chi connectivity index (χ1v) is 8.68. The molecule has 0 fully saturated rings. The van der Waals surface area contributed by atoms with Gasteiger partial charge >= 0.3 is 0 Å². The highest BCUT2D eigenvalue weighted by Gasteiger charge is 2.14. The summed E-state index contributed by atoms with van der Waals surface area (Å²) in [7, 11) is 0. The first kappa shape index (κ1) is 19.9. The summed E-state index contributed by atoms with van der Waals surface area (Å²) in [4.78, 5) is 23.4. The molecule has 0 unspecified atom stereocenters. The number of amides is 2. The summed E-state index contributed by atoms with van der Waals surface area (Å²) >= 11 is 0. The average molecular weight is 298 g/mol. The van der Waals surface area contributed by atoms with Gasteiger partial charge in [0.2, 0.25) is 11.8 Å². The topological polar surface area (TPSA) is 58.2 Å². The van der Waals surface area contributed by atoms with Crippen LogP contribution < -0.4 is 10.6 Å². The minimum atomic E-state index is -0.432. The van der Waals surface area contributed by atoms with E-state index in [1.54, 1.807) is 6.92 Å². The van der Waals surface area contributed by atoms with Gasteiger partial charge in [-0.15, -0.1) is 0 Å². The van der Waals surface area contributed by atoms with Crippen molar-refractivity contribution in [1.82, 2.24) is 10.6 Å². The van der Waals surface area contributed by atoms with Gasteiger partial charge in [-0.05, 0) is 19.8 Å². The number of hydrogen-bond acceptors (Lipinski definition) is 2. The summed E-state index contributed by atoms with van der Waals surface area (Å²) in [5.41, 5.74) is 0. The van der Waals surface area contributed by atoms with Gasteiger partial charge in [0.25, 0.3) is 0 Å². The van der Waals surface area contributed by atoms with E-state index in [0.29, 0.717) is 13.0 Å². The van der Waals surface area contributed by atoms with Gasteiger partial charge in [0.15, 0.2) is 0 Å². The Kier molecular flexibility index (Phi) is 13.2. The minimum Gasteiger partial charge on any atom is -0.354 e. The molecule has 0 rings (SSSR count). The number of carbonyl (C=O) groups is 2. The Labute approximate surface area is 130 Å². The lowest BCUT2D eigenvalue weighted by molar-refractivity contribution is -0.128. The average Bonchev–Trinajstić information content (AvgIpc) is 2.46. The van der Waals surface area contributed by atoms with Crippen LogP contribution in [0.2, 0.25) is 0 Å². The van der Waals surface area contributed by atoms with Crippen LogP contribution in [0.4, 0.5) is 0 Å². The lowest BCUT2D eigenvalue weighted by Crippen LogP contribution is -2.44. The lowest BCUT2D eigenvalue weighted by atomic mass is 10.1. The predicted octanol–water partition coefficient (Wildman–Crippen LogP) is 3.55. The standard InChI is InChI=1S/C17H34N2O2/c1-4-6-8-9-10-11-12-13-16(20)19-15(3)17(21)18-14-7-5-2/h15H,4-14H2,1-3H3,(H,18,21)(H,19,20)/t15-/m0/s1. The molecule has 0 aromatic carbocycles. The summed E-state index contributed by atoms with van der Waals surface area (Å²) in [5.74, 6) is -0.0990. The van der Waals surface area contributed by atoms with Gasteiger partial charge in [-0.3, -0.25) is 9.59 Å². The molecule has 0 radical (unpaired) electrons. The fraction of sp³-hybridized carbons (Fsp3) is 0.882. The molecule has 1 atom stereocenters. The molecule has 0 aliphatic rings. The molecule has 0 saturated carbocycles. The second-order valence-electron chi connectivity index (χ2n) is 5.81. The molecule has 4 nitrogen and oxygen atoms in total. The molecule has 0 aliphatic heterocycles. The SMILES string of the molecule is CCCCCCCCCC(=O)N[C@@H](C)C(=O)NCCCC. The summed E-state index contributed by atoms with van der Waals surface area (Å²) in [6.07, 6.45) is 10.9. The van der Waals surface area contributed by atoms with Crippen LogP contribution in [0, 0.1) is 0 Å². The predicted molar refractivity (Wildman–Crippen MR) is 88.1 cm³/mol. The maximum atomic E-state index is 11.7. The molecule has 0 bridgehead atoms. The first-order chi connectivity index (χ1) is 10.1. The molecule has 0 heterocycles. The van der Waals surface area contributed by atoms with Crippen molar-refractivity contribution < 1.29 is 9.59 Å². The normalized spacial score (nSPS) is 12.0. The summed E-state index contributed by atoms with van der Waals surface area (Å²) in [6, 6.07) is -0.432. The summed E-state index contributed by atoms with van der Waals surface area (Å²) < 4.78 is 0. The van der Waals surface area contributed by atoms with Crippen molar-refractivity contribution in [3.63, 3.8) is 0 Å². The largest absolute Gasteiger partial charge is 0.354 e. The van der Waals surface area contributed by atoms with Crippen LogP contribution in [0.15, 0.2) is 0 Å². The van der Waals surface area contributed by atoms with E-state index in [-0.39, 0.29) is 11.8 Å². The van der Waals surface area contributed by atoms with Gasteiger partial charge in [0.05, 0.1) is 0 Å². The fourth-order valence-electron chi connectivity index (χ4n) is 2.16. The van der Waals surface area contributed by atoms with Crippen LogP contribution >= 0.6 is 0 Å². The second-order valence-corrected chi connectivity index (χ2v) is 5.81. The maximum absolute atomic E-state index is 11.7. The van der Waals surface area contributed by atoms with Crippen LogP contribution in [-0.4, -0.2) is 24.4 Å². The van der Waals surface area contributed by atoms with E-state index in [1.807, 2.05) is 0 Å². The minimum absolute atomic E-state index is 0.0123. The highest BCUT2D eigenvalue weighted by molar-refractivity contribution is 5.87. The zero-order valence-corrected chi connectivity index (χ0v) is 14.2. The van der Waals surface area contributed by atoms with E-state index in [1.165, 1.54) is 32.1 Å². The maximum Gasteiger partial charge on any atom is 0.242 e. The molecular weight excluding hydrogens is 264 g/mol. The molecule has 21 heavy (non-hydrogen) atoms. The molecule has 2 N–H and O–H groups in total. The number of carbonyl (C=O) groups excluding carboxylic acids is 2. The van der Waals surface area contributed by atoms with Crippen LogP contribution in [0.5, 0.6) is 0 Å². The van der Waals surface area contributed by atoms with Crippen LogP contribution in [0.3, 0.4) is 0 Å². The Morgan fingerprint density at radius 2 is 1.43 bits per heavy atom. The molecule has 0 aromatic heterocycles. The van der Waals surface area contributed by atoms with Gasteiger partial charge in [-0.1, -0.05) is 58.8 Å². The zero-order valence-electron chi connectivity index (χ0n) is 14.2. The highest BCUT2D eigenvalue weighted by atomic mass is 16.2. The van der Waals surface area contributed by atoms with Crippen molar-refractivity contribution in [2.45, 2.75) is 91.0 Å². The molecule has 124 valence electrons.